The maximum atomic E-state index is 11.2. The first kappa shape index (κ1) is 20.7. The second-order valence-electron chi connectivity index (χ2n) is 6.07. The number of esters is 1. The van der Waals surface area contributed by atoms with Gasteiger partial charge in [-0.25, -0.2) is 9.59 Å². The van der Waals surface area contributed by atoms with E-state index in [2.05, 4.69) is 6.58 Å². The molecule has 25 heavy (non-hydrogen) atoms. The molecule has 138 valence electrons. The van der Waals surface area contributed by atoms with Gasteiger partial charge in [0, 0.05) is 5.57 Å². The standard InChI is InChI=1S/C20H28O5/c1-16(2)20(23)25-15-9-7-5-3-4-6-8-14-24-18-12-10-17(11-13-18)19(21)22/h10-13H,1,3-9,14-15H2,2H3,(H,21,22). The first-order chi connectivity index (χ1) is 12.0. The average Bonchev–Trinajstić information content (AvgIpc) is 2.59. The number of carboxylic acid groups (broad SMARTS) is 1. The van der Waals surface area contributed by atoms with Crippen LogP contribution in [0.4, 0.5) is 0 Å². The summed E-state index contributed by atoms with van der Waals surface area (Å²) in [7, 11) is 0. The van der Waals surface area contributed by atoms with Crippen LogP contribution >= 0.6 is 0 Å². The number of rotatable bonds is 13. The minimum atomic E-state index is -0.930. The molecule has 0 heterocycles. The van der Waals surface area contributed by atoms with Gasteiger partial charge in [-0.15, -0.1) is 0 Å². The van der Waals surface area contributed by atoms with Gasteiger partial charge in [0.1, 0.15) is 5.75 Å². The lowest BCUT2D eigenvalue weighted by Gasteiger charge is -2.07. The Morgan fingerprint density at radius 3 is 1.96 bits per heavy atom. The first-order valence-corrected chi connectivity index (χ1v) is 8.79. The summed E-state index contributed by atoms with van der Waals surface area (Å²) in [5.41, 5.74) is 0.710. The highest BCUT2D eigenvalue weighted by Gasteiger charge is 2.03. The number of benzene rings is 1. The molecule has 5 heteroatoms. The number of carbonyl (C=O) groups is 2. The van der Waals surface area contributed by atoms with Crippen molar-refractivity contribution in [3.05, 3.63) is 42.0 Å². The van der Waals surface area contributed by atoms with E-state index in [0.29, 0.717) is 24.5 Å². The van der Waals surface area contributed by atoms with Gasteiger partial charge in [-0.1, -0.05) is 38.7 Å². The fraction of sp³-hybridized carbons (Fsp3) is 0.500. The van der Waals surface area contributed by atoms with Crippen molar-refractivity contribution < 1.29 is 24.2 Å². The van der Waals surface area contributed by atoms with Crippen LogP contribution in [-0.4, -0.2) is 30.3 Å². The lowest BCUT2D eigenvalue weighted by atomic mass is 10.1. The van der Waals surface area contributed by atoms with Gasteiger partial charge in [-0.2, -0.15) is 0 Å². The molecular weight excluding hydrogens is 320 g/mol. The molecule has 0 spiro atoms. The van der Waals surface area contributed by atoms with Gasteiger partial charge in [-0.05, 0) is 44.0 Å². The van der Waals surface area contributed by atoms with Gasteiger partial charge in [0.2, 0.25) is 0 Å². The second kappa shape index (κ2) is 12.1. The highest BCUT2D eigenvalue weighted by molar-refractivity contribution is 5.87. The molecule has 1 aromatic carbocycles. The first-order valence-electron chi connectivity index (χ1n) is 8.79. The molecule has 0 aliphatic carbocycles. The van der Waals surface area contributed by atoms with Gasteiger partial charge in [-0.3, -0.25) is 0 Å². The lowest BCUT2D eigenvalue weighted by molar-refractivity contribution is -0.139. The van der Waals surface area contributed by atoms with Gasteiger partial charge < -0.3 is 14.6 Å². The molecule has 0 saturated carbocycles. The third-order valence-corrected chi connectivity index (χ3v) is 3.74. The van der Waals surface area contributed by atoms with Crippen LogP contribution in [0.5, 0.6) is 5.75 Å². The van der Waals surface area contributed by atoms with E-state index in [-0.39, 0.29) is 11.5 Å². The molecule has 0 saturated heterocycles. The Balaban J connectivity index is 1.93. The van der Waals surface area contributed by atoms with Crippen LogP contribution in [0.1, 0.15) is 62.2 Å². The lowest BCUT2D eigenvalue weighted by Crippen LogP contribution is -2.05. The fourth-order valence-corrected chi connectivity index (χ4v) is 2.26. The van der Waals surface area contributed by atoms with Gasteiger partial charge in [0.15, 0.2) is 0 Å². The summed E-state index contributed by atoms with van der Waals surface area (Å²) in [4.78, 5) is 21.9. The maximum Gasteiger partial charge on any atom is 0.335 e. The van der Waals surface area contributed by atoms with E-state index < -0.39 is 5.97 Å². The van der Waals surface area contributed by atoms with E-state index in [0.717, 1.165) is 38.5 Å². The van der Waals surface area contributed by atoms with Crippen molar-refractivity contribution in [2.45, 2.75) is 51.9 Å². The van der Waals surface area contributed by atoms with Gasteiger partial charge in [0.25, 0.3) is 0 Å². The Labute approximate surface area is 149 Å². The summed E-state index contributed by atoms with van der Waals surface area (Å²) >= 11 is 0. The van der Waals surface area contributed by atoms with Gasteiger partial charge in [0.05, 0.1) is 18.8 Å². The molecule has 1 aromatic rings. The molecule has 0 bridgehead atoms. The largest absolute Gasteiger partial charge is 0.494 e. The molecule has 5 nitrogen and oxygen atoms in total. The van der Waals surface area contributed by atoms with Crippen LogP contribution in [0.15, 0.2) is 36.4 Å². The second-order valence-corrected chi connectivity index (χ2v) is 6.07. The normalized spacial score (nSPS) is 10.3. The molecule has 0 unspecified atom stereocenters. The maximum absolute atomic E-state index is 11.2. The number of carbonyl (C=O) groups excluding carboxylic acids is 1. The molecule has 1 N–H and O–H groups in total. The van der Waals surface area contributed by atoms with E-state index >= 15 is 0 Å². The molecule has 0 aromatic heterocycles. The highest BCUT2D eigenvalue weighted by atomic mass is 16.5. The molecule has 0 atom stereocenters. The minimum Gasteiger partial charge on any atom is -0.494 e. The van der Waals surface area contributed by atoms with E-state index in [1.807, 2.05) is 0 Å². The van der Waals surface area contributed by atoms with Crippen molar-refractivity contribution in [3.8, 4) is 5.75 Å². The molecule has 0 amide bonds. The number of aromatic carboxylic acids is 1. The predicted octanol–water partition coefficient (Wildman–Crippen LogP) is 4.61. The Morgan fingerprint density at radius 2 is 1.44 bits per heavy atom. The summed E-state index contributed by atoms with van der Waals surface area (Å²) < 4.78 is 10.6. The third kappa shape index (κ3) is 9.55. The summed E-state index contributed by atoms with van der Waals surface area (Å²) in [5.74, 6) is -0.535. The molecule has 0 fully saturated rings. The number of hydrogen-bond donors (Lipinski definition) is 1. The number of hydrogen-bond acceptors (Lipinski definition) is 4. The Bertz CT molecular complexity index is 548. The van der Waals surface area contributed by atoms with Crippen LogP contribution in [0.2, 0.25) is 0 Å². The van der Waals surface area contributed by atoms with E-state index in [9.17, 15) is 9.59 Å². The van der Waals surface area contributed by atoms with Crippen molar-refractivity contribution in [1.29, 1.82) is 0 Å². The average molecular weight is 348 g/mol. The Kier molecular flexibility index (Phi) is 10.1. The SMILES string of the molecule is C=C(C)C(=O)OCCCCCCCCCOc1ccc(C(=O)O)cc1. The fourth-order valence-electron chi connectivity index (χ4n) is 2.26. The molecule has 0 radical (unpaired) electrons. The quantitative estimate of drug-likeness (QED) is 0.320. The van der Waals surface area contributed by atoms with Crippen molar-refractivity contribution in [1.82, 2.24) is 0 Å². The smallest absolute Gasteiger partial charge is 0.335 e. The van der Waals surface area contributed by atoms with Crippen molar-refractivity contribution >= 4 is 11.9 Å². The highest BCUT2D eigenvalue weighted by Crippen LogP contribution is 2.13. The summed E-state index contributed by atoms with van der Waals surface area (Å²) in [6.45, 7) is 6.31. The third-order valence-electron chi connectivity index (χ3n) is 3.74. The molecule has 0 aliphatic heterocycles. The Morgan fingerprint density at radius 1 is 0.920 bits per heavy atom. The van der Waals surface area contributed by atoms with Crippen LogP contribution in [0, 0.1) is 0 Å². The topological polar surface area (TPSA) is 72.8 Å². The monoisotopic (exact) mass is 348 g/mol. The summed E-state index contributed by atoms with van der Waals surface area (Å²) in [5, 5.41) is 8.82. The number of carboxylic acids is 1. The zero-order chi connectivity index (χ0) is 18.5. The van der Waals surface area contributed by atoms with Crippen molar-refractivity contribution in [3.63, 3.8) is 0 Å². The Hall–Kier alpha value is -2.30. The summed E-state index contributed by atoms with van der Waals surface area (Å²) in [6.07, 6.45) is 7.52. The van der Waals surface area contributed by atoms with Crippen LogP contribution in [0.25, 0.3) is 0 Å². The van der Waals surface area contributed by atoms with Crippen molar-refractivity contribution in [2.75, 3.05) is 13.2 Å². The number of unbranched alkanes of at least 4 members (excludes halogenated alkanes) is 6. The van der Waals surface area contributed by atoms with Crippen LogP contribution in [0.3, 0.4) is 0 Å². The minimum absolute atomic E-state index is 0.266. The van der Waals surface area contributed by atoms with E-state index in [1.165, 1.54) is 6.42 Å². The van der Waals surface area contributed by atoms with Crippen LogP contribution < -0.4 is 4.74 Å². The predicted molar refractivity (Wildman–Crippen MR) is 97.0 cm³/mol. The zero-order valence-corrected chi connectivity index (χ0v) is 15.0. The molecule has 1 rings (SSSR count). The van der Waals surface area contributed by atoms with Crippen molar-refractivity contribution in [2.24, 2.45) is 0 Å². The van der Waals surface area contributed by atoms with Crippen LogP contribution in [-0.2, 0) is 9.53 Å². The van der Waals surface area contributed by atoms with E-state index in [4.69, 9.17) is 14.6 Å². The van der Waals surface area contributed by atoms with E-state index in [1.54, 1.807) is 31.2 Å². The van der Waals surface area contributed by atoms with Gasteiger partial charge >= 0.3 is 11.9 Å². The molecular formula is C20H28O5. The zero-order valence-electron chi connectivity index (χ0n) is 15.0. The molecule has 0 aliphatic rings. The number of ether oxygens (including phenoxy) is 2. The summed E-state index contributed by atoms with van der Waals surface area (Å²) in [6, 6.07) is 6.46.